The molecule has 2 aromatic rings. The molecular formula is C16H12INO3. The Kier molecular flexibility index (Phi) is 5.20. The van der Waals surface area contributed by atoms with E-state index in [9.17, 15) is 9.90 Å². The van der Waals surface area contributed by atoms with Gasteiger partial charge in [0.2, 0.25) is 0 Å². The Labute approximate surface area is 136 Å². The van der Waals surface area contributed by atoms with Crippen molar-refractivity contribution in [3.8, 4) is 17.6 Å². The lowest BCUT2D eigenvalue weighted by atomic mass is 10.1. The first-order valence-corrected chi connectivity index (χ1v) is 7.18. The molecule has 4 nitrogen and oxygen atoms in total. The number of amides is 1. The van der Waals surface area contributed by atoms with Crippen molar-refractivity contribution >= 4 is 34.2 Å². The molecule has 0 aliphatic heterocycles. The van der Waals surface area contributed by atoms with E-state index < -0.39 is 5.91 Å². The Bertz CT molecular complexity index is 732. The molecular weight excluding hydrogens is 381 g/mol. The van der Waals surface area contributed by atoms with Crippen molar-refractivity contribution in [2.24, 2.45) is 0 Å². The van der Waals surface area contributed by atoms with E-state index in [4.69, 9.17) is 5.11 Å². The Morgan fingerprint density at radius 2 is 2.00 bits per heavy atom. The molecule has 0 fully saturated rings. The number of rotatable bonds is 2. The lowest BCUT2D eigenvalue weighted by molar-refractivity contribution is 0.102. The third kappa shape index (κ3) is 3.97. The van der Waals surface area contributed by atoms with Crippen LogP contribution in [-0.4, -0.2) is 22.7 Å². The highest BCUT2D eigenvalue weighted by Gasteiger charge is 2.13. The third-order valence-electron chi connectivity index (χ3n) is 2.68. The molecule has 0 aromatic heterocycles. The molecule has 106 valence electrons. The SMILES string of the molecule is O=C(Nc1ccccc1C#CCO)c1cc(I)ccc1O. The minimum Gasteiger partial charge on any atom is -0.507 e. The first-order valence-electron chi connectivity index (χ1n) is 6.10. The van der Waals surface area contributed by atoms with Crippen molar-refractivity contribution in [1.82, 2.24) is 0 Å². The molecule has 0 spiro atoms. The zero-order valence-electron chi connectivity index (χ0n) is 10.9. The normalized spacial score (nSPS) is 9.62. The smallest absolute Gasteiger partial charge is 0.259 e. The zero-order chi connectivity index (χ0) is 15.2. The van der Waals surface area contributed by atoms with Gasteiger partial charge in [-0.3, -0.25) is 4.79 Å². The van der Waals surface area contributed by atoms with Gasteiger partial charge in [0.25, 0.3) is 5.91 Å². The van der Waals surface area contributed by atoms with E-state index in [2.05, 4.69) is 39.7 Å². The standard InChI is InChI=1S/C16H12INO3/c17-12-7-8-15(20)13(10-12)16(21)18-14-6-2-1-4-11(14)5-3-9-19/h1-2,4,6-8,10,19-20H,9H2,(H,18,21). The average Bonchev–Trinajstić information content (AvgIpc) is 2.48. The van der Waals surface area contributed by atoms with Crippen LogP contribution in [0.3, 0.4) is 0 Å². The van der Waals surface area contributed by atoms with Gasteiger partial charge in [0.05, 0.1) is 11.3 Å². The summed E-state index contributed by atoms with van der Waals surface area (Å²) < 4.78 is 0.851. The fraction of sp³-hybridized carbons (Fsp3) is 0.0625. The second kappa shape index (κ2) is 7.11. The summed E-state index contributed by atoms with van der Waals surface area (Å²) in [6, 6.07) is 11.8. The Morgan fingerprint density at radius 1 is 1.24 bits per heavy atom. The van der Waals surface area contributed by atoms with E-state index >= 15 is 0 Å². The van der Waals surface area contributed by atoms with E-state index in [1.54, 1.807) is 36.4 Å². The minimum absolute atomic E-state index is 0.0770. The fourth-order valence-corrected chi connectivity index (χ4v) is 2.21. The molecule has 0 heterocycles. The van der Waals surface area contributed by atoms with E-state index in [1.165, 1.54) is 6.07 Å². The molecule has 5 heteroatoms. The number of phenols is 1. The number of carbonyl (C=O) groups is 1. The number of phenolic OH excluding ortho intramolecular Hbond substituents is 1. The molecule has 21 heavy (non-hydrogen) atoms. The summed E-state index contributed by atoms with van der Waals surface area (Å²) in [7, 11) is 0. The Balaban J connectivity index is 2.30. The summed E-state index contributed by atoms with van der Waals surface area (Å²) in [5.41, 5.74) is 1.33. The van der Waals surface area contributed by atoms with Gasteiger partial charge in [-0.05, 0) is 52.9 Å². The van der Waals surface area contributed by atoms with E-state index in [-0.39, 0.29) is 17.9 Å². The summed E-state index contributed by atoms with van der Waals surface area (Å²) in [5, 5.41) is 21.2. The summed E-state index contributed by atoms with van der Waals surface area (Å²) >= 11 is 2.07. The van der Waals surface area contributed by atoms with Crippen LogP contribution in [0.25, 0.3) is 0 Å². The van der Waals surface area contributed by atoms with Crippen LogP contribution in [0, 0.1) is 15.4 Å². The van der Waals surface area contributed by atoms with Gasteiger partial charge in [0.15, 0.2) is 0 Å². The number of aromatic hydroxyl groups is 1. The van der Waals surface area contributed by atoms with Gasteiger partial charge in [-0.15, -0.1) is 0 Å². The maximum atomic E-state index is 12.2. The molecule has 0 radical (unpaired) electrons. The number of aliphatic hydroxyl groups is 1. The largest absolute Gasteiger partial charge is 0.507 e. The van der Waals surface area contributed by atoms with Crippen molar-refractivity contribution in [2.45, 2.75) is 0 Å². The van der Waals surface area contributed by atoms with E-state index in [0.29, 0.717) is 11.3 Å². The van der Waals surface area contributed by atoms with Crippen LogP contribution in [0.5, 0.6) is 5.75 Å². The molecule has 0 atom stereocenters. The molecule has 0 bridgehead atoms. The van der Waals surface area contributed by atoms with Crippen LogP contribution < -0.4 is 5.32 Å². The third-order valence-corrected chi connectivity index (χ3v) is 3.35. The first-order chi connectivity index (χ1) is 10.1. The maximum absolute atomic E-state index is 12.2. The molecule has 2 aromatic carbocycles. The summed E-state index contributed by atoms with van der Waals surface area (Å²) in [5.74, 6) is 4.82. The maximum Gasteiger partial charge on any atom is 0.259 e. The van der Waals surface area contributed by atoms with Gasteiger partial charge >= 0.3 is 0 Å². The highest BCUT2D eigenvalue weighted by molar-refractivity contribution is 14.1. The molecule has 0 saturated heterocycles. The number of hydrogen-bond donors (Lipinski definition) is 3. The van der Waals surface area contributed by atoms with Crippen LogP contribution in [0.4, 0.5) is 5.69 Å². The lowest BCUT2D eigenvalue weighted by Gasteiger charge is -2.09. The van der Waals surface area contributed by atoms with Gasteiger partial charge in [0.1, 0.15) is 12.4 Å². The number of anilines is 1. The fourth-order valence-electron chi connectivity index (χ4n) is 1.72. The molecule has 1 amide bonds. The number of benzene rings is 2. The molecule has 3 N–H and O–H groups in total. The zero-order valence-corrected chi connectivity index (χ0v) is 13.1. The van der Waals surface area contributed by atoms with Crippen molar-refractivity contribution in [1.29, 1.82) is 0 Å². The molecule has 0 saturated carbocycles. The number of aliphatic hydroxyl groups excluding tert-OH is 1. The minimum atomic E-state index is -0.413. The summed E-state index contributed by atoms with van der Waals surface area (Å²) in [4.78, 5) is 12.2. The number of hydrogen-bond acceptors (Lipinski definition) is 3. The van der Waals surface area contributed by atoms with E-state index in [1.807, 2.05) is 0 Å². The first kappa shape index (κ1) is 15.4. The van der Waals surface area contributed by atoms with Gasteiger partial charge < -0.3 is 15.5 Å². The van der Waals surface area contributed by atoms with Crippen molar-refractivity contribution in [3.05, 3.63) is 57.2 Å². The molecule has 0 aliphatic rings. The van der Waals surface area contributed by atoms with Crippen molar-refractivity contribution in [3.63, 3.8) is 0 Å². The van der Waals surface area contributed by atoms with Gasteiger partial charge in [0, 0.05) is 9.13 Å². The topological polar surface area (TPSA) is 69.6 Å². The molecule has 0 unspecified atom stereocenters. The Morgan fingerprint density at radius 3 is 2.76 bits per heavy atom. The summed E-state index contributed by atoms with van der Waals surface area (Å²) in [6.07, 6.45) is 0. The van der Waals surface area contributed by atoms with Crippen LogP contribution in [0.2, 0.25) is 0 Å². The van der Waals surface area contributed by atoms with Gasteiger partial charge in [-0.2, -0.15) is 0 Å². The Hall–Kier alpha value is -2.04. The summed E-state index contributed by atoms with van der Waals surface area (Å²) in [6.45, 7) is -0.250. The highest BCUT2D eigenvalue weighted by atomic mass is 127. The van der Waals surface area contributed by atoms with Gasteiger partial charge in [-0.1, -0.05) is 24.0 Å². The number of carbonyl (C=O) groups excluding carboxylic acids is 1. The van der Waals surface area contributed by atoms with Gasteiger partial charge in [-0.25, -0.2) is 0 Å². The number of para-hydroxylation sites is 1. The van der Waals surface area contributed by atoms with Crippen molar-refractivity contribution < 1.29 is 15.0 Å². The number of nitrogens with one attached hydrogen (secondary N) is 1. The monoisotopic (exact) mass is 393 g/mol. The number of halogens is 1. The predicted octanol–water partition coefficient (Wildman–Crippen LogP) is 2.59. The second-order valence-electron chi connectivity index (χ2n) is 4.12. The van der Waals surface area contributed by atoms with Crippen LogP contribution >= 0.6 is 22.6 Å². The van der Waals surface area contributed by atoms with Crippen molar-refractivity contribution in [2.75, 3.05) is 11.9 Å². The highest BCUT2D eigenvalue weighted by Crippen LogP contribution is 2.22. The second-order valence-corrected chi connectivity index (χ2v) is 5.37. The average molecular weight is 393 g/mol. The van der Waals surface area contributed by atoms with Crippen LogP contribution in [-0.2, 0) is 0 Å². The van der Waals surface area contributed by atoms with Crippen LogP contribution in [0.15, 0.2) is 42.5 Å². The van der Waals surface area contributed by atoms with Crippen LogP contribution in [0.1, 0.15) is 15.9 Å². The predicted molar refractivity (Wildman–Crippen MR) is 89.2 cm³/mol. The lowest BCUT2D eigenvalue weighted by Crippen LogP contribution is -2.13. The molecule has 0 aliphatic carbocycles. The molecule has 2 rings (SSSR count). The van der Waals surface area contributed by atoms with E-state index in [0.717, 1.165) is 3.57 Å². The quantitative estimate of drug-likeness (QED) is 0.543.